The number of carbonyl (C=O) groups excluding carboxylic acids is 2. The van der Waals surface area contributed by atoms with E-state index < -0.39 is 0 Å². The van der Waals surface area contributed by atoms with Gasteiger partial charge in [0.1, 0.15) is 0 Å². The molecule has 0 bridgehead atoms. The molecular formula is C20H24N2O2S. The van der Waals surface area contributed by atoms with Gasteiger partial charge in [0.15, 0.2) is 0 Å². The lowest BCUT2D eigenvalue weighted by Crippen LogP contribution is -2.31. The van der Waals surface area contributed by atoms with Gasteiger partial charge in [0.05, 0.1) is 11.0 Å². The Kier molecular flexibility index (Phi) is 7.07. The molecule has 0 saturated carbocycles. The lowest BCUT2D eigenvalue weighted by atomic mass is 10.1. The molecule has 4 nitrogen and oxygen atoms in total. The molecule has 0 saturated heterocycles. The summed E-state index contributed by atoms with van der Waals surface area (Å²) >= 11 is 1.33. The zero-order chi connectivity index (χ0) is 18.2. The summed E-state index contributed by atoms with van der Waals surface area (Å²) in [6, 6.07) is 15.7. The summed E-state index contributed by atoms with van der Waals surface area (Å²) in [5.74, 6) is 0.0771. The van der Waals surface area contributed by atoms with Crippen molar-refractivity contribution in [3.8, 4) is 0 Å². The first-order valence-electron chi connectivity index (χ1n) is 8.25. The SMILES string of the molecule is Cc1ccc(CNC(=O)[C@H](C)SCC(=O)Nc2ccc(C)cc2)cc1. The van der Waals surface area contributed by atoms with Crippen LogP contribution in [0.5, 0.6) is 0 Å². The summed E-state index contributed by atoms with van der Waals surface area (Å²) in [7, 11) is 0. The number of anilines is 1. The number of amides is 2. The monoisotopic (exact) mass is 356 g/mol. The molecule has 5 heteroatoms. The summed E-state index contributed by atoms with van der Waals surface area (Å²) in [4.78, 5) is 24.1. The van der Waals surface area contributed by atoms with Crippen LogP contribution in [0.2, 0.25) is 0 Å². The van der Waals surface area contributed by atoms with Crippen LogP contribution in [-0.4, -0.2) is 22.8 Å². The number of benzene rings is 2. The topological polar surface area (TPSA) is 58.2 Å². The number of hydrogen-bond donors (Lipinski definition) is 2. The third-order valence-electron chi connectivity index (χ3n) is 3.76. The molecule has 0 aliphatic heterocycles. The molecule has 0 aromatic heterocycles. The molecule has 0 aliphatic carbocycles. The first kappa shape index (κ1) is 19.1. The zero-order valence-corrected chi connectivity index (χ0v) is 15.7. The molecule has 2 rings (SSSR count). The van der Waals surface area contributed by atoms with Crippen molar-refractivity contribution in [2.24, 2.45) is 0 Å². The second-order valence-electron chi connectivity index (χ2n) is 6.07. The van der Waals surface area contributed by atoms with Gasteiger partial charge < -0.3 is 10.6 Å². The van der Waals surface area contributed by atoms with Gasteiger partial charge in [-0.05, 0) is 38.5 Å². The normalized spacial score (nSPS) is 11.6. The summed E-state index contributed by atoms with van der Waals surface area (Å²) in [6.45, 7) is 6.34. The molecule has 0 radical (unpaired) electrons. The van der Waals surface area contributed by atoms with E-state index >= 15 is 0 Å². The van der Waals surface area contributed by atoms with Gasteiger partial charge in [0, 0.05) is 12.2 Å². The van der Waals surface area contributed by atoms with E-state index in [2.05, 4.69) is 10.6 Å². The molecule has 2 N–H and O–H groups in total. The summed E-state index contributed by atoms with van der Waals surface area (Å²) in [5.41, 5.74) is 4.17. The Labute approximate surface area is 153 Å². The highest BCUT2D eigenvalue weighted by Gasteiger charge is 2.15. The lowest BCUT2D eigenvalue weighted by Gasteiger charge is -2.12. The van der Waals surface area contributed by atoms with Crippen LogP contribution in [-0.2, 0) is 16.1 Å². The maximum atomic E-state index is 12.1. The van der Waals surface area contributed by atoms with Crippen molar-refractivity contribution in [1.29, 1.82) is 0 Å². The predicted octanol–water partition coefficient (Wildman–Crippen LogP) is 3.68. The van der Waals surface area contributed by atoms with Gasteiger partial charge in [-0.1, -0.05) is 47.5 Å². The van der Waals surface area contributed by atoms with Crippen LogP contribution >= 0.6 is 11.8 Å². The van der Waals surface area contributed by atoms with Crippen LogP contribution in [0, 0.1) is 13.8 Å². The number of thioether (sulfide) groups is 1. The first-order valence-corrected chi connectivity index (χ1v) is 9.30. The molecule has 0 unspecified atom stereocenters. The average Bonchev–Trinajstić information content (AvgIpc) is 2.61. The molecule has 132 valence electrons. The summed E-state index contributed by atoms with van der Waals surface area (Å²) in [5, 5.41) is 5.46. The maximum absolute atomic E-state index is 12.1. The molecular weight excluding hydrogens is 332 g/mol. The van der Waals surface area contributed by atoms with Crippen molar-refractivity contribution >= 4 is 29.3 Å². The standard InChI is InChI=1S/C20H24N2O2S/c1-14-4-8-17(9-5-14)12-21-20(24)16(3)25-13-19(23)22-18-10-6-15(2)7-11-18/h4-11,16H,12-13H2,1-3H3,(H,21,24)(H,22,23)/t16-/m0/s1. The molecule has 1 atom stereocenters. The van der Waals surface area contributed by atoms with Crippen molar-refractivity contribution in [3.63, 3.8) is 0 Å². The van der Waals surface area contributed by atoms with E-state index in [1.165, 1.54) is 17.3 Å². The van der Waals surface area contributed by atoms with Crippen LogP contribution < -0.4 is 10.6 Å². The Morgan fingerprint density at radius 3 is 2.12 bits per heavy atom. The fourth-order valence-corrected chi connectivity index (χ4v) is 2.86. The van der Waals surface area contributed by atoms with Crippen LogP contribution in [0.4, 0.5) is 5.69 Å². The molecule has 25 heavy (non-hydrogen) atoms. The average molecular weight is 356 g/mol. The van der Waals surface area contributed by atoms with E-state index in [0.29, 0.717) is 6.54 Å². The van der Waals surface area contributed by atoms with Gasteiger partial charge in [0.2, 0.25) is 11.8 Å². The van der Waals surface area contributed by atoms with Gasteiger partial charge >= 0.3 is 0 Å². The van der Waals surface area contributed by atoms with Crippen LogP contribution in [0.15, 0.2) is 48.5 Å². The Bertz CT molecular complexity index is 711. The maximum Gasteiger partial charge on any atom is 0.234 e. The van der Waals surface area contributed by atoms with Gasteiger partial charge in [-0.15, -0.1) is 11.8 Å². The molecule has 0 fully saturated rings. The fraction of sp³-hybridized carbons (Fsp3) is 0.300. The Hall–Kier alpha value is -2.27. The van der Waals surface area contributed by atoms with Crippen molar-refractivity contribution in [2.45, 2.75) is 32.6 Å². The largest absolute Gasteiger partial charge is 0.351 e. The van der Waals surface area contributed by atoms with Gasteiger partial charge in [-0.3, -0.25) is 9.59 Å². The Morgan fingerprint density at radius 1 is 0.960 bits per heavy atom. The molecule has 2 aromatic carbocycles. The minimum absolute atomic E-state index is 0.0614. The van der Waals surface area contributed by atoms with E-state index in [9.17, 15) is 9.59 Å². The second kappa shape index (κ2) is 9.28. The molecule has 0 heterocycles. The molecule has 2 amide bonds. The van der Waals surface area contributed by atoms with Crippen molar-refractivity contribution in [2.75, 3.05) is 11.1 Å². The van der Waals surface area contributed by atoms with E-state index in [4.69, 9.17) is 0 Å². The molecule has 0 aliphatic rings. The van der Waals surface area contributed by atoms with Gasteiger partial charge in [0.25, 0.3) is 0 Å². The van der Waals surface area contributed by atoms with Crippen molar-refractivity contribution in [1.82, 2.24) is 5.32 Å². The first-order chi connectivity index (χ1) is 11.9. The van der Waals surface area contributed by atoms with E-state index in [-0.39, 0.29) is 22.8 Å². The summed E-state index contributed by atoms with van der Waals surface area (Å²) in [6.07, 6.45) is 0. The third-order valence-corrected chi connectivity index (χ3v) is 4.90. The Morgan fingerprint density at radius 2 is 1.52 bits per heavy atom. The minimum Gasteiger partial charge on any atom is -0.351 e. The van der Waals surface area contributed by atoms with Crippen molar-refractivity contribution < 1.29 is 9.59 Å². The zero-order valence-electron chi connectivity index (χ0n) is 14.8. The van der Waals surface area contributed by atoms with Crippen LogP contribution in [0.1, 0.15) is 23.6 Å². The lowest BCUT2D eigenvalue weighted by molar-refractivity contribution is -0.120. The number of nitrogens with one attached hydrogen (secondary N) is 2. The van der Waals surface area contributed by atoms with Crippen LogP contribution in [0.3, 0.4) is 0 Å². The smallest absolute Gasteiger partial charge is 0.234 e. The third kappa shape index (κ3) is 6.63. The number of hydrogen-bond acceptors (Lipinski definition) is 3. The number of rotatable bonds is 7. The fourth-order valence-electron chi connectivity index (χ4n) is 2.15. The minimum atomic E-state index is -0.283. The predicted molar refractivity (Wildman–Crippen MR) is 105 cm³/mol. The quantitative estimate of drug-likeness (QED) is 0.796. The molecule has 2 aromatic rings. The second-order valence-corrected chi connectivity index (χ2v) is 7.40. The van der Waals surface area contributed by atoms with Crippen LogP contribution in [0.25, 0.3) is 0 Å². The van der Waals surface area contributed by atoms with Gasteiger partial charge in [-0.2, -0.15) is 0 Å². The van der Waals surface area contributed by atoms with E-state index in [1.807, 2.05) is 69.3 Å². The van der Waals surface area contributed by atoms with E-state index in [1.54, 1.807) is 0 Å². The summed E-state index contributed by atoms with van der Waals surface area (Å²) < 4.78 is 0. The highest BCUT2D eigenvalue weighted by Crippen LogP contribution is 2.13. The molecule has 0 spiro atoms. The number of carbonyl (C=O) groups is 2. The number of aryl methyl sites for hydroxylation is 2. The highest BCUT2D eigenvalue weighted by atomic mass is 32.2. The van der Waals surface area contributed by atoms with Gasteiger partial charge in [-0.25, -0.2) is 0 Å². The van der Waals surface area contributed by atoms with Crippen molar-refractivity contribution in [3.05, 3.63) is 65.2 Å². The Balaban J connectivity index is 1.72. The van der Waals surface area contributed by atoms with E-state index in [0.717, 1.165) is 16.8 Å². The highest BCUT2D eigenvalue weighted by molar-refractivity contribution is 8.01.